The second-order valence-electron chi connectivity index (χ2n) is 10.4. The van der Waals surface area contributed by atoms with Crippen LogP contribution in [0.1, 0.15) is 82.6 Å². The van der Waals surface area contributed by atoms with Crippen molar-refractivity contribution in [3.63, 3.8) is 0 Å². The average molecular weight is 434 g/mol. The van der Waals surface area contributed by atoms with Crippen LogP contribution in [0.2, 0.25) is 0 Å². The molecule has 0 amide bonds. The van der Waals surface area contributed by atoms with Crippen molar-refractivity contribution in [2.24, 2.45) is 23.7 Å². The molecule has 0 aliphatic heterocycles. The maximum Gasteiger partial charge on any atom is 0.123 e. The summed E-state index contributed by atoms with van der Waals surface area (Å²) in [5.74, 6) is 3.68. The quantitative estimate of drug-likeness (QED) is 0.284. The molecule has 0 atom stereocenters. The Hall–Kier alpha value is -1.96. The summed E-state index contributed by atoms with van der Waals surface area (Å²) in [6, 6.07) is 10.9. The van der Waals surface area contributed by atoms with Gasteiger partial charge in [0, 0.05) is 11.8 Å². The summed E-state index contributed by atoms with van der Waals surface area (Å²) >= 11 is 0. The van der Waals surface area contributed by atoms with E-state index >= 15 is 0 Å². The van der Waals surface area contributed by atoms with Gasteiger partial charge in [-0.05, 0) is 111 Å². The lowest BCUT2D eigenvalue weighted by Gasteiger charge is -2.38. The minimum atomic E-state index is -0.202. The number of hydrogen-bond acceptors (Lipinski definition) is 1. The first-order chi connectivity index (χ1) is 15.7. The Morgan fingerprint density at radius 3 is 2.00 bits per heavy atom. The number of aryl methyl sites for hydroxylation is 1. The molecule has 2 saturated carbocycles. The van der Waals surface area contributed by atoms with Crippen LogP contribution in [-0.2, 0) is 6.42 Å². The Labute approximate surface area is 194 Å². The standard InChI is InChI=1S/C30H40FN/c1-2-3-4-5-23-8-13-26(14-9-23)27-15-10-24(11-16-27)6-7-25-12-21-30(32-22-25)28-17-19-29(31)20-18-28/h2,12,17-24,26-27H,1,3-11,13-16H2/t23-,24?,26-,27?. The predicted molar refractivity (Wildman–Crippen MR) is 133 cm³/mol. The van der Waals surface area contributed by atoms with E-state index in [2.05, 4.69) is 29.8 Å². The highest BCUT2D eigenvalue weighted by atomic mass is 19.1. The molecule has 2 aliphatic rings. The first-order valence-corrected chi connectivity index (χ1v) is 13.0. The minimum Gasteiger partial charge on any atom is -0.256 e. The Bertz CT molecular complexity index is 809. The third-order valence-electron chi connectivity index (χ3n) is 8.28. The Kier molecular flexibility index (Phi) is 8.54. The van der Waals surface area contributed by atoms with E-state index in [4.69, 9.17) is 0 Å². The van der Waals surface area contributed by atoms with Gasteiger partial charge in [-0.25, -0.2) is 4.39 Å². The fourth-order valence-electron chi connectivity index (χ4n) is 6.18. The second kappa shape index (κ2) is 11.8. The van der Waals surface area contributed by atoms with E-state index in [0.29, 0.717) is 0 Å². The van der Waals surface area contributed by atoms with Crippen molar-refractivity contribution in [3.05, 3.63) is 66.6 Å². The summed E-state index contributed by atoms with van der Waals surface area (Å²) in [5.41, 5.74) is 3.22. The van der Waals surface area contributed by atoms with Crippen molar-refractivity contribution in [2.75, 3.05) is 0 Å². The van der Waals surface area contributed by atoms with E-state index in [1.54, 1.807) is 12.1 Å². The topological polar surface area (TPSA) is 12.9 Å². The lowest BCUT2D eigenvalue weighted by Crippen LogP contribution is -2.26. The minimum absolute atomic E-state index is 0.202. The first kappa shape index (κ1) is 23.2. The number of unbranched alkanes of at least 4 members (excludes halogenated alkanes) is 1. The third kappa shape index (κ3) is 6.53. The van der Waals surface area contributed by atoms with Gasteiger partial charge in [0.2, 0.25) is 0 Å². The first-order valence-electron chi connectivity index (χ1n) is 13.0. The summed E-state index contributed by atoms with van der Waals surface area (Å²) < 4.78 is 13.1. The van der Waals surface area contributed by atoms with Crippen LogP contribution in [0.4, 0.5) is 4.39 Å². The summed E-state index contributed by atoms with van der Waals surface area (Å²) in [5, 5.41) is 0. The molecule has 2 aliphatic carbocycles. The summed E-state index contributed by atoms with van der Waals surface area (Å²) in [6.45, 7) is 3.86. The number of hydrogen-bond donors (Lipinski definition) is 0. The highest BCUT2D eigenvalue weighted by Crippen LogP contribution is 2.43. The van der Waals surface area contributed by atoms with E-state index in [1.807, 2.05) is 6.20 Å². The lowest BCUT2D eigenvalue weighted by atomic mass is 9.68. The average Bonchev–Trinajstić information content (AvgIpc) is 2.85. The van der Waals surface area contributed by atoms with Crippen LogP contribution < -0.4 is 0 Å². The van der Waals surface area contributed by atoms with Crippen LogP contribution in [0.3, 0.4) is 0 Å². The molecule has 32 heavy (non-hydrogen) atoms. The lowest BCUT2D eigenvalue weighted by molar-refractivity contribution is 0.141. The number of benzene rings is 1. The fourth-order valence-corrected chi connectivity index (χ4v) is 6.18. The molecular formula is C30H40FN. The van der Waals surface area contributed by atoms with Crippen LogP contribution in [0.5, 0.6) is 0 Å². The van der Waals surface area contributed by atoms with E-state index in [0.717, 1.165) is 41.3 Å². The van der Waals surface area contributed by atoms with Gasteiger partial charge in [-0.2, -0.15) is 0 Å². The molecule has 1 nitrogen and oxygen atoms in total. The SMILES string of the molecule is C=CCCC[C@H]1CC[C@H](C2CCC(CCc3ccc(-c4ccc(F)cc4)nc3)CC2)CC1. The largest absolute Gasteiger partial charge is 0.256 e. The molecule has 0 N–H and O–H groups in total. The van der Waals surface area contributed by atoms with Gasteiger partial charge in [0.05, 0.1) is 5.69 Å². The zero-order valence-corrected chi connectivity index (χ0v) is 19.7. The zero-order chi connectivity index (χ0) is 22.2. The third-order valence-corrected chi connectivity index (χ3v) is 8.28. The van der Waals surface area contributed by atoms with Crippen LogP contribution in [-0.4, -0.2) is 4.98 Å². The highest BCUT2D eigenvalue weighted by molar-refractivity contribution is 5.58. The molecule has 0 saturated heterocycles. The van der Waals surface area contributed by atoms with Gasteiger partial charge in [-0.15, -0.1) is 6.58 Å². The molecule has 0 bridgehead atoms. The molecule has 1 heterocycles. The van der Waals surface area contributed by atoms with Gasteiger partial charge < -0.3 is 0 Å². The van der Waals surface area contributed by atoms with Crippen molar-refractivity contribution < 1.29 is 4.39 Å². The van der Waals surface area contributed by atoms with Crippen LogP contribution in [0, 0.1) is 29.5 Å². The summed E-state index contributed by atoms with van der Waals surface area (Å²) in [6.07, 6.45) is 22.1. The maximum absolute atomic E-state index is 13.1. The van der Waals surface area contributed by atoms with E-state index < -0.39 is 0 Å². The van der Waals surface area contributed by atoms with Crippen LogP contribution in [0.25, 0.3) is 11.3 Å². The zero-order valence-electron chi connectivity index (χ0n) is 19.7. The van der Waals surface area contributed by atoms with Crippen molar-refractivity contribution in [2.45, 2.75) is 83.5 Å². The molecule has 4 rings (SSSR count). The van der Waals surface area contributed by atoms with Crippen molar-refractivity contribution in [1.82, 2.24) is 4.98 Å². The molecule has 2 aromatic rings. The molecule has 0 spiro atoms. The van der Waals surface area contributed by atoms with Gasteiger partial charge in [0.1, 0.15) is 5.82 Å². The molecule has 1 aromatic heterocycles. The number of nitrogens with zero attached hydrogens (tertiary/aromatic N) is 1. The number of halogens is 1. The molecule has 0 unspecified atom stereocenters. The van der Waals surface area contributed by atoms with Gasteiger partial charge in [-0.1, -0.05) is 44.2 Å². The molecule has 2 heteroatoms. The maximum atomic E-state index is 13.1. The summed E-state index contributed by atoms with van der Waals surface area (Å²) in [7, 11) is 0. The number of aromatic nitrogens is 1. The van der Waals surface area contributed by atoms with Crippen molar-refractivity contribution in [1.29, 1.82) is 0 Å². The Morgan fingerprint density at radius 2 is 1.44 bits per heavy atom. The molecular weight excluding hydrogens is 393 g/mol. The van der Waals surface area contributed by atoms with Gasteiger partial charge >= 0.3 is 0 Å². The molecule has 172 valence electrons. The number of allylic oxidation sites excluding steroid dienone is 1. The fraction of sp³-hybridized carbons (Fsp3) is 0.567. The molecule has 2 fully saturated rings. The van der Waals surface area contributed by atoms with Crippen molar-refractivity contribution in [3.8, 4) is 11.3 Å². The number of pyridine rings is 1. The van der Waals surface area contributed by atoms with E-state index in [1.165, 1.54) is 94.7 Å². The molecule has 1 aromatic carbocycles. The monoisotopic (exact) mass is 433 g/mol. The van der Waals surface area contributed by atoms with E-state index in [9.17, 15) is 4.39 Å². The highest BCUT2D eigenvalue weighted by Gasteiger charge is 2.30. The Morgan fingerprint density at radius 1 is 0.812 bits per heavy atom. The Balaban J connectivity index is 1.16. The second-order valence-corrected chi connectivity index (χ2v) is 10.4. The smallest absolute Gasteiger partial charge is 0.123 e. The molecule has 0 radical (unpaired) electrons. The van der Waals surface area contributed by atoms with Crippen molar-refractivity contribution >= 4 is 0 Å². The summed E-state index contributed by atoms with van der Waals surface area (Å²) in [4.78, 5) is 4.62. The van der Waals surface area contributed by atoms with Crippen LogP contribution >= 0.6 is 0 Å². The predicted octanol–water partition coefficient (Wildman–Crippen LogP) is 8.79. The van der Waals surface area contributed by atoms with Gasteiger partial charge in [-0.3, -0.25) is 4.98 Å². The normalized spacial score (nSPS) is 26.0. The van der Waals surface area contributed by atoms with E-state index in [-0.39, 0.29) is 5.82 Å². The van der Waals surface area contributed by atoms with Gasteiger partial charge in [0.15, 0.2) is 0 Å². The van der Waals surface area contributed by atoms with Gasteiger partial charge in [0.25, 0.3) is 0 Å². The number of rotatable bonds is 9. The van der Waals surface area contributed by atoms with Crippen LogP contribution in [0.15, 0.2) is 55.3 Å².